The van der Waals surface area contributed by atoms with Crippen molar-refractivity contribution in [2.75, 3.05) is 4.90 Å². The highest BCUT2D eigenvalue weighted by atomic mass is 16.3. The van der Waals surface area contributed by atoms with Crippen LogP contribution in [0.15, 0.2) is 253 Å². The third-order valence-corrected chi connectivity index (χ3v) is 12.9. The van der Waals surface area contributed by atoms with Crippen LogP contribution in [-0.2, 0) is 5.41 Å². The minimum absolute atomic E-state index is 0.577. The Labute approximate surface area is 367 Å². The number of anilines is 3. The highest BCUT2D eigenvalue weighted by Crippen LogP contribution is 2.57. The largest absolute Gasteiger partial charge is 0.455 e. The molecule has 2 nitrogen and oxygen atoms in total. The van der Waals surface area contributed by atoms with Gasteiger partial charge < -0.3 is 9.32 Å². The minimum atomic E-state index is -0.577. The van der Waals surface area contributed by atoms with Crippen LogP contribution in [0.4, 0.5) is 17.1 Å². The molecule has 1 heterocycles. The Kier molecular flexibility index (Phi) is 8.76. The van der Waals surface area contributed by atoms with Crippen molar-refractivity contribution in [3.8, 4) is 44.5 Å². The molecule has 10 aromatic carbocycles. The molecule has 0 radical (unpaired) electrons. The Balaban J connectivity index is 1.10. The topological polar surface area (TPSA) is 16.4 Å². The standard InChI is InChI=1S/C61H41NO/c1-4-17-42(18-5-1)44-31-35-49(36-32-44)62(50-37-33-45(34-38-50)52-26-16-27-56-55-25-12-15-30-59(55)63-60(52)56)51-40-46(43-19-6-2-7-20-43)39-48(41-51)61(47-21-8-3-9-22-47)57-28-13-10-23-53(57)54-24-11-14-29-58(54)61/h1-41H. The highest BCUT2D eigenvalue weighted by Gasteiger charge is 2.46. The van der Waals surface area contributed by atoms with Crippen LogP contribution >= 0.6 is 0 Å². The van der Waals surface area contributed by atoms with E-state index < -0.39 is 5.41 Å². The third kappa shape index (κ3) is 6.02. The van der Waals surface area contributed by atoms with Crippen molar-refractivity contribution >= 4 is 39.0 Å². The summed E-state index contributed by atoms with van der Waals surface area (Å²) in [5.74, 6) is 0. The van der Waals surface area contributed by atoms with Gasteiger partial charge in [-0.3, -0.25) is 0 Å². The SMILES string of the molecule is c1ccc(-c2ccc(N(c3ccc(-c4cccc5c4oc4ccccc45)cc3)c3cc(-c4ccccc4)cc(C4(c5ccccc5)c5ccccc5-c5ccccc54)c3)cc2)cc1. The molecule has 1 aliphatic rings. The van der Waals surface area contributed by atoms with Gasteiger partial charge in [0.05, 0.1) is 5.41 Å². The zero-order chi connectivity index (χ0) is 41.7. The van der Waals surface area contributed by atoms with E-state index in [-0.39, 0.29) is 0 Å². The molecule has 12 rings (SSSR count). The summed E-state index contributed by atoms with van der Waals surface area (Å²) in [7, 11) is 0. The van der Waals surface area contributed by atoms with Crippen LogP contribution in [0.5, 0.6) is 0 Å². The van der Waals surface area contributed by atoms with Crippen molar-refractivity contribution in [1.82, 2.24) is 0 Å². The van der Waals surface area contributed by atoms with E-state index in [0.29, 0.717) is 0 Å². The van der Waals surface area contributed by atoms with Crippen LogP contribution < -0.4 is 4.90 Å². The maximum Gasteiger partial charge on any atom is 0.143 e. The summed E-state index contributed by atoms with van der Waals surface area (Å²) in [6.07, 6.45) is 0. The van der Waals surface area contributed by atoms with Gasteiger partial charge in [-0.15, -0.1) is 0 Å². The first-order chi connectivity index (χ1) is 31.2. The number of fused-ring (bicyclic) bond motifs is 6. The minimum Gasteiger partial charge on any atom is -0.455 e. The van der Waals surface area contributed by atoms with Crippen LogP contribution in [0, 0.1) is 0 Å². The van der Waals surface area contributed by atoms with Crippen molar-refractivity contribution in [2.24, 2.45) is 0 Å². The van der Waals surface area contributed by atoms with Gasteiger partial charge in [-0.2, -0.15) is 0 Å². The van der Waals surface area contributed by atoms with Gasteiger partial charge in [0, 0.05) is 33.4 Å². The predicted molar refractivity (Wildman–Crippen MR) is 262 cm³/mol. The van der Waals surface area contributed by atoms with Crippen molar-refractivity contribution in [1.29, 1.82) is 0 Å². The molecule has 0 unspecified atom stereocenters. The number of hydrogen-bond acceptors (Lipinski definition) is 2. The Morgan fingerprint density at radius 3 is 1.44 bits per heavy atom. The van der Waals surface area contributed by atoms with Crippen molar-refractivity contribution in [3.05, 3.63) is 271 Å². The van der Waals surface area contributed by atoms with Crippen molar-refractivity contribution in [2.45, 2.75) is 5.41 Å². The van der Waals surface area contributed by atoms with E-state index in [4.69, 9.17) is 4.42 Å². The smallest absolute Gasteiger partial charge is 0.143 e. The lowest BCUT2D eigenvalue weighted by Gasteiger charge is -2.36. The molecule has 0 saturated carbocycles. The molecule has 1 aliphatic carbocycles. The second-order valence-corrected chi connectivity index (χ2v) is 16.4. The van der Waals surface area contributed by atoms with E-state index in [2.05, 4.69) is 241 Å². The quantitative estimate of drug-likeness (QED) is 0.152. The predicted octanol–water partition coefficient (Wildman–Crippen LogP) is 16.4. The molecule has 2 heteroatoms. The summed E-state index contributed by atoms with van der Waals surface area (Å²) in [5.41, 5.74) is 18.8. The molecule has 63 heavy (non-hydrogen) atoms. The fraction of sp³-hybridized carbons (Fsp3) is 0.0164. The second kappa shape index (κ2) is 15.1. The zero-order valence-electron chi connectivity index (χ0n) is 34.5. The van der Waals surface area contributed by atoms with E-state index >= 15 is 0 Å². The summed E-state index contributed by atoms with van der Waals surface area (Å²) < 4.78 is 6.50. The molecule has 0 bridgehead atoms. The first-order valence-electron chi connectivity index (χ1n) is 21.7. The van der Waals surface area contributed by atoms with Gasteiger partial charge in [-0.05, 0) is 110 Å². The molecule has 0 aliphatic heterocycles. The van der Waals surface area contributed by atoms with Gasteiger partial charge >= 0.3 is 0 Å². The summed E-state index contributed by atoms with van der Waals surface area (Å²) in [5, 5.41) is 2.26. The molecule has 0 atom stereocenters. The molecular formula is C61H41NO. The summed E-state index contributed by atoms with van der Waals surface area (Å²) in [6.45, 7) is 0. The zero-order valence-corrected chi connectivity index (χ0v) is 34.5. The lowest BCUT2D eigenvalue weighted by Crippen LogP contribution is -2.29. The Hall–Kier alpha value is -8.20. The van der Waals surface area contributed by atoms with E-state index in [1.807, 2.05) is 12.1 Å². The molecule has 0 amide bonds. The molecule has 0 N–H and O–H groups in total. The average Bonchev–Trinajstić information content (AvgIpc) is 3.90. The number of para-hydroxylation sites is 2. The maximum absolute atomic E-state index is 6.50. The summed E-state index contributed by atoms with van der Waals surface area (Å²) in [6, 6.07) is 90.4. The average molecular weight is 804 g/mol. The van der Waals surface area contributed by atoms with Crippen molar-refractivity contribution < 1.29 is 4.42 Å². The van der Waals surface area contributed by atoms with Crippen LogP contribution in [0.3, 0.4) is 0 Å². The van der Waals surface area contributed by atoms with Gasteiger partial charge in [-0.25, -0.2) is 0 Å². The number of rotatable bonds is 8. The Bertz CT molecular complexity index is 3380. The van der Waals surface area contributed by atoms with Gasteiger partial charge in [0.25, 0.3) is 0 Å². The highest BCUT2D eigenvalue weighted by molar-refractivity contribution is 6.09. The van der Waals surface area contributed by atoms with E-state index in [1.54, 1.807) is 0 Å². The van der Waals surface area contributed by atoms with E-state index in [9.17, 15) is 0 Å². The Morgan fingerprint density at radius 2 is 0.794 bits per heavy atom. The molecule has 0 saturated heterocycles. The van der Waals surface area contributed by atoms with E-state index in [1.165, 1.54) is 44.5 Å². The molecule has 296 valence electrons. The first-order valence-corrected chi connectivity index (χ1v) is 21.7. The normalized spacial score (nSPS) is 12.6. The molecule has 0 fully saturated rings. The fourth-order valence-electron chi connectivity index (χ4n) is 10.1. The lowest BCUT2D eigenvalue weighted by molar-refractivity contribution is 0.670. The third-order valence-electron chi connectivity index (χ3n) is 12.9. The first kappa shape index (κ1) is 36.6. The van der Waals surface area contributed by atoms with Crippen LogP contribution in [0.1, 0.15) is 22.3 Å². The van der Waals surface area contributed by atoms with Gasteiger partial charge in [0.2, 0.25) is 0 Å². The van der Waals surface area contributed by atoms with E-state index in [0.717, 1.165) is 61.3 Å². The van der Waals surface area contributed by atoms with Gasteiger partial charge in [0.1, 0.15) is 11.2 Å². The van der Waals surface area contributed by atoms with Crippen LogP contribution in [0.2, 0.25) is 0 Å². The van der Waals surface area contributed by atoms with Crippen molar-refractivity contribution in [3.63, 3.8) is 0 Å². The van der Waals surface area contributed by atoms with Gasteiger partial charge in [-0.1, -0.05) is 200 Å². The maximum atomic E-state index is 6.50. The molecule has 1 aromatic heterocycles. The van der Waals surface area contributed by atoms with Gasteiger partial charge in [0.15, 0.2) is 0 Å². The lowest BCUT2D eigenvalue weighted by atomic mass is 9.67. The monoisotopic (exact) mass is 803 g/mol. The number of benzene rings is 10. The molecular weight excluding hydrogens is 763 g/mol. The molecule has 0 spiro atoms. The van der Waals surface area contributed by atoms with Crippen LogP contribution in [0.25, 0.3) is 66.4 Å². The second-order valence-electron chi connectivity index (χ2n) is 16.4. The fourth-order valence-corrected chi connectivity index (χ4v) is 10.1. The summed E-state index contributed by atoms with van der Waals surface area (Å²) >= 11 is 0. The number of hydrogen-bond donors (Lipinski definition) is 0. The molecule has 11 aromatic rings. The van der Waals surface area contributed by atoms with Crippen LogP contribution in [-0.4, -0.2) is 0 Å². The summed E-state index contributed by atoms with van der Waals surface area (Å²) in [4.78, 5) is 2.42. The Morgan fingerprint density at radius 1 is 0.302 bits per heavy atom. The number of furan rings is 1. The number of nitrogens with zero attached hydrogens (tertiary/aromatic N) is 1.